The van der Waals surface area contributed by atoms with E-state index in [-0.39, 0.29) is 11.3 Å². The smallest absolute Gasteiger partial charge is 0.272 e. The van der Waals surface area contributed by atoms with Crippen molar-refractivity contribution >= 4 is 44.9 Å². The monoisotopic (exact) mass is 361 g/mol. The van der Waals surface area contributed by atoms with Crippen molar-refractivity contribution in [3.05, 3.63) is 56.7 Å². The van der Waals surface area contributed by atoms with Gasteiger partial charge in [0.25, 0.3) is 5.56 Å². The van der Waals surface area contributed by atoms with E-state index >= 15 is 0 Å². The molecule has 0 spiro atoms. The summed E-state index contributed by atoms with van der Waals surface area (Å²) in [5.74, 6) is 0.267. The predicted octanol–water partition coefficient (Wildman–Crippen LogP) is 3.97. The van der Waals surface area contributed by atoms with Crippen LogP contribution in [0.1, 0.15) is 5.56 Å². The fourth-order valence-electron chi connectivity index (χ4n) is 2.22. The van der Waals surface area contributed by atoms with Crippen LogP contribution >= 0.6 is 34.7 Å². The van der Waals surface area contributed by atoms with E-state index in [0.717, 1.165) is 5.56 Å². The minimum atomic E-state index is -0.0422. The summed E-state index contributed by atoms with van der Waals surface area (Å²) >= 11 is 8.58. The number of aryl methyl sites for hydroxylation is 1. The quantitative estimate of drug-likeness (QED) is 0.509. The highest BCUT2D eigenvalue weighted by molar-refractivity contribution is 7.99. The van der Waals surface area contributed by atoms with Crippen LogP contribution in [0.3, 0.4) is 0 Å². The lowest BCUT2D eigenvalue weighted by Crippen LogP contribution is -2.23. The number of nitrogens with zero attached hydrogens (tertiary/aromatic N) is 3. The maximum Gasteiger partial charge on any atom is 0.272 e. The lowest BCUT2D eigenvalue weighted by atomic mass is 10.1. The topological polar surface area (TPSA) is 58.7 Å². The minimum absolute atomic E-state index is 0.0422. The van der Waals surface area contributed by atoms with Crippen molar-refractivity contribution < 1.29 is 0 Å². The molecule has 0 aliphatic carbocycles. The number of thiophene rings is 1. The summed E-state index contributed by atoms with van der Waals surface area (Å²) in [6.45, 7) is 0.523. The summed E-state index contributed by atoms with van der Waals surface area (Å²) in [5.41, 5.74) is 1.76. The summed E-state index contributed by atoms with van der Waals surface area (Å²) in [4.78, 5) is 17.2. The van der Waals surface area contributed by atoms with Crippen LogP contribution in [0.4, 0.5) is 0 Å². The molecular formula is C16H12ClN3OS2. The summed E-state index contributed by atoms with van der Waals surface area (Å²) < 4.78 is 2.32. The molecule has 23 heavy (non-hydrogen) atoms. The molecule has 0 fully saturated rings. The van der Waals surface area contributed by atoms with Crippen molar-refractivity contribution in [3.63, 3.8) is 0 Å². The molecule has 0 N–H and O–H groups in total. The lowest BCUT2D eigenvalue weighted by Gasteiger charge is -2.11. The van der Waals surface area contributed by atoms with Crippen LogP contribution < -0.4 is 5.56 Å². The van der Waals surface area contributed by atoms with E-state index in [4.69, 9.17) is 16.9 Å². The third-order valence-electron chi connectivity index (χ3n) is 3.33. The Balaban J connectivity index is 1.93. The van der Waals surface area contributed by atoms with E-state index in [1.807, 2.05) is 35.7 Å². The van der Waals surface area contributed by atoms with Crippen molar-refractivity contribution in [1.82, 2.24) is 9.55 Å². The van der Waals surface area contributed by atoms with Gasteiger partial charge in [-0.3, -0.25) is 9.36 Å². The van der Waals surface area contributed by atoms with E-state index in [1.54, 1.807) is 4.57 Å². The summed E-state index contributed by atoms with van der Waals surface area (Å²) in [5, 5.41) is 11.9. The van der Waals surface area contributed by atoms with Crippen molar-refractivity contribution in [2.45, 2.75) is 18.1 Å². The van der Waals surface area contributed by atoms with E-state index < -0.39 is 0 Å². The summed E-state index contributed by atoms with van der Waals surface area (Å²) in [6, 6.07) is 11.5. The average Bonchev–Trinajstić information content (AvgIpc) is 3.02. The number of benzene rings is 1. The third kappa shape index (κ3) is 3.58. The number of hydrogen-bond donors (Lipinski definition) is 0. The minimum Gasteiger partial charge on any atom is -0.286 e. The summed E-state index contributed by atoms with van der Waals surface area (Å²) in [7, 11) is 0. The molecule has 1 aromatic carbocycles. The van der Waals surface area contributed by atoms with Gasteiger partial charge in [-0.2, -0.15) is 5.26 Å². The standard InChI is InChI=1S/C16H12ClN3OS2/c17-12-3-1-11(2-4-12)5-8-20-15(21)14-13(6-9-22-14)19-16(20)23-10-7-18/h1-4,6,9H,5,8,10H2. The molecular weight excluding hydrogens is 350 g/mol. The van der Waals surface area contributed by atoms with Crippen molar-refractivity contribution in [3.8, 4) is 6.07 Å². The number of hydrogen-bond acceptors (Lipinski definition) is 5. The zero-order chi connectivity index (χ0) is 16.2. The summed E-state index contributed by atoms with van der Waals surface area (Å²) in [6.07, 6.45) is 0.704. The molecule has 7 heteroatoms. The van der Waals surface area contributed by atoms with E-state index in [9.17, 15) is 4.79 Å². The molecule has 0 saturated heterocycles. The molecule has 3 rings (SSSR count). The van der Waals surface area contributed by atoms with Gasteiger partial charge in [0.2, 0.25) is 0 Å². The van der Waals surface area contributed by atoms with Gasteiger partial charge in [0.15, 0.2) is 5.16 Å². The Morgan fingerprint density at radius 3 is 2.83 bits per heavy atom. The second-order valence-electron chi connectivity index (χ2n) is 4.81. The van der Waals surface area contributed by atoms with Crippen LogP contribution in [0.15, 0.2) is 45.7 Å². The SMILES string of the molecule is N#CCSc1nc2ccsc2c(=O)n1CCc1ccc(Cl)cc1. The number of rotatable bonds is 5. The number of nitriles is 1. The Kier molecular flexibility index (Phi) is 5.01. The Labute approximate surface area is 146 Å². The maximum absolute atomic E-state index is 12.7. The molecule has 2 heterocycles. The fourth-order valence-corrected chi connectivity index (χ4v) is 3.81. The first-order valence-corrected chi connectivity index (χ1v) is 9.15. The second kappa shape index (κ2) is 7.18. The van der Waals surface area contributed by atoms with Crippen molar-refractivity contribution in [2.75, 3.05) is 5.75 Å². The van der Waals surface area contributed by atoms with Crippen LogP contribution in [0.2, 0.25) is 5.02 Å². The van der Waals surface area contributed by atoms with Crippen molar-refractivity contribution in [2.24, 2.45) is 0 Å². The van der Waals surface area contributed by atoms with Crippen LogP contribution in [0.5, 0.6) is 0 Å². The van der Waals surface area contributed by atoms with Crippen LogP contribution in [-0.2, 0) is 13.0 Å². The molecule has 2 aromatic heterocycles. The molecule has 0 atom stereocenters. The van der Waals surface area contributed by atoms with Gasteiger partial charge in [0.05, 0.1) is 17.3 Å². The van der Waals surface area contributed by atoms with Gasteiger partial charge in [-0.15, -0.1) is 11.3 Å². The number of fused-ring (bicyclic) bond motifs is 1. The molecule has 0 amide bonds. The zero-order valence-electron chi connectivity index (χ0n) is 12.0. The molecule has 0 radical (unpaired) electrons. The highest BCUT2D eigenvalue weighted by Crippen LogP contribution is 2.21. The van der Waals surface area contributed by atoms with Crippen LogP contribution in [0, 0.1) is 11.3 Å². The number of aromatic nitrogens is 2. The van der Waals surface area contributed by atoms with Gasteiger partial charge in [-0.05, 0) is 35.6 Å². The molecule has 0 saturated carbocycles. The fraction of sp³-hybridized carbons (Fsp3) is 0.188. The van der Waals surface area contributed by atoms with Gasteiger partial charge in [0.1, 0.15) is 4.70 Å². The zero-order valence-corrected chi connectivity index (χ0v) is 14.4. The molecule has 0 aliphatic rings. The van der Waals surface area contributed by atoms with Crippen LogP contribution in [-0.4, -0.2) is 15.3 Å². The second-order valence-corrected chi connectivity index (χ2v) is 7.10. The molecule has 4 nitrogen and oxygen atoms in total. The normalized spacial score (nSPS) is 10.8. The predicted molar refractivity (Wildman–Crippen MR) is 95.4 cm³/mol. The molecule has 116 valence electrons. The molecule has 0 bridgehead atoms. The highest BCUT2D eigenvalue weighted by atomic mass is 35.5. The van der Waals surface area contributed by atoms with E-state index in [0.29, 0.717) is 33.4 Å². The first-order valence-electron chi connectivity index (χ1n) is 6.91. The largest absolute Gasteiger partial charge is 0.286 e. The van der Waals surface area contributed by atoms with E-state index in [1.165, 1.54) is 23.1 Å². The van der Waals surface area contributed by atoms with Crippen molar-refractivity contribution in [1.29, 1.82) is 5.26 Å². The van der Waals surface area contributed by atoms with Gasteiger partial charge < -0.3 is 0 Å². The number of thioether (sulfide) groups is 1. The van der Waals surface area contributed by atoms with Gasteiger partial charge in [-0.1, -0.05) is 35.5 Å². The third-order valence-corrected chi connectivity index (χ3v) is 5.32. The van der Waals surface area contributed by atoms with Gasteiger partial charge in [0, 0.05) is 11.6 Å². The molecule has 0 unspecified atom stereocenters. The van der Waals surface area contributed by atoms with Crippen LogP contribution in [0.25, 0.3) is 10.2 Å². The first kappa shape index (κ1) is 16.1. The van der Waals surface area contributed by atoms with E-state index in [2.05, 4.69) is 11.1 Å². The average molecular weight is 362 g/mol. The Morgan fingerprint density at radius 2 is 2.09 bits per heavy atom. The molecule has 0 aliphatic heterocycles. The first-order chi connectivity index (χ1) is 11.2. The van der Waals surface area contributed by atoms with Gasteiger partial charge in [-0.25, -0.2) is 4.98 Å². The highest BCUT2D eigenvalue weighted by Gasteiger charge is 2.12. The number of halogens is 1. The molecule has 3 aromatic rings. The maximum atomic E-state index is 12.7. The Morgan fingerprint density at radius 1 is 1.30 bits per heavy atom. The van der Waals surface area contributed by atoms with Gasteiger partial charge >= 0.3 is 0 Å². The Bertz CT molecular complexity index is 925. The Hall–Kier alpha value is -1.81. The lowest BCUT2D eigenvalue weighted by molar-refractivity contribution is 0.596.